The second-order valence-electron chi connectivity index (χ2n) is 8.22. The van der Waals surface area contributed by atoms with Crippen LogP contribution in [0.25, 0.3) is 0 Å². The summed E-state index contributed by atoms with van der Waals surface area (Å²) in [5.41, 5.74) is -1.06. The van der Waals surface area contributed by atoms with Gasteiger partial charge in [-0.2, -0.15) is 13.2 Å². The minimum Gasteiger partial charge on any atom is -0.364 e. The number of halogens is 3. The lowest BCUT2D eigenvalue weighted by Crippen LogP contribution is -2.33. The van der Waals surface area contributed by atoms with Gasteiger partial charge in [0.15, 0.2) is 5.69 Å². The van der Waals surface area contributed by atoms with E-state index >= 15 is 0 Å². The molecule has 1 saturated carbocycles. The molecule has 2 amide bonds. The molecule has 1 aromatic carbocycles. The number of alkyl halides is 3. The van der Waals surface area contributed by atoms with E-state index in [1.54, 1.807) is 12.1 Å². The molecule has 32 heavy (non-hydrogen) atoms. The van der Waals surface area contributed by atoms with Gasteiger partial charge in [-0.1, -0.05) is 25.0 Å². The molecule has 2 fully saturated rings. The van der Waals surface area contributed by atoms with Crippen molar-refractivity contribution in [3.63, 3.8) is 0 Å². The van der Waals surface area contributed by atoms with Gasteiger partial charge in [0, 0.05) is 25.7 Å². The predicted octanol–water partition coefficient (Wildman–Crippen LogP) is 3.35. The SMILES string of the molecule is O=C(NCCC1CC1)c1ccc(NC2CCN(C(=O)c3ccccc3C(F)(F)F)C2)nn1. The number of hydrogen-bond acceptors (Lipinski definition) is 5. The lowest BCUT2D eigenvalue weighted by molar-refractivity contribution is -0.138. The average Bonchev–Trinajstić information content (AvgIpc) is 3.49. The number of nitrogens with zero attached hydrogens (tertiary/aromatic N) is 3. The molecule has 1 aliphatic carbocycles. The third-order valence-corrected chi connectivity index (χ3v) is 5.72. The minimum absolute atomic E-state index is 0.176. The molecule has 1 atom stereocenters. The topological polar surface area (TPSA) is 87.2 Å². The van der Waals surface area contributed by atoms with Gasteiger partial charge < -0.3 is 15.5 Å². The van der Waals surface area contributed by atoms with E-state index in [4.69, 9.17) is 0 Å². The predicted molar refractivity (Wildman–Crippen MR) is 111 cm³/mol. The molecule has 2 aromatic rings. The van der Waals surface area contributed by atoms with Gasteiger partial charge in [-0.25, -0.2) is 0 Å². The Morgan fingerprint density at radius 2 is 1.84 bits per heavy atom. The van der Waals surface area contributed by atoms with Crippen molar-refractivity contribution in [1.29, 1.82) is 0 Å². The Labute approximate surface area is 183 Å². The number of aromatic nitrogens is 2. The molecule has 4 rings (SSSR count). The summed E-state index contributed by atoms with van der Waals surface area (Å²) in [6, 6.07) is 7.83. The van der Waals surface area contributed by atoms with Crippen molar-refractivity contribution in [3.8, 4) is 0 Å². The first-order chi connectivity index (χ1) is 15.3. The van der Waals surface area contributed by atoms with E-state index in [0.717, 1.165) is 18.4 Å². The van der Waals surface area contributed by atoms with Crippen LogP contribution < -0.4 is 10.6 Å². The van der Waals surface area contributed by atoms with Crippen LogP contribution in [0.5, 0.6) is 0 Å². The number of amides is 2. The van der Waals surface area contributed by atoms with Crippen LogP contribution in [-0.4, -0.2) is 52.6 Å². The van der Waals surface area contributed by atoms with E-state index in [2.05, 4.69) is 20.8 Å². The summed E-state index contributed by atoms with van der Waals surface area (Å²) in [6.45, 7) is 1.20. The monoisotopic (exact) mass is 447 g/mol. The quantitative estimate of drug-likeness (QED) is 0.680. The van der Waals surface area contributed by atoms with E-state index < -0.39 is 17.6 Å². The van der Waals surface area contributed by atoms with Gasteiger partial charge in [0.25, 0.3) is 11.8 Å². The molecule has 1 aliphatic heterocycles. The molecule has 0 radical (unpaired) electrons. The molecule has 2 aliphatic rings. The average molecular weight is 447 g/mol. The second-order valence-corrected chi connectivity index (χ2v) is 8.22. The van der Waals surface area contributed by atoms with Crippen LogP contribution >= 0.6 is 0 Å². The summed E-state index contributed by atoms with van der Waals surface area (Å²) in [4.78, 5) is 26.2. The zero-order chi connectivity index (χ0) is 22.7. The fraction of sp³-hybridized carbons (Fsp3) is 0.455. The number of carbonyl (C=O) groups excluding carboxylic acids is 2. The Kier molecular flexibility index (Phi) is 6.29. The fourth-order valence-electron chi connectivity index (χ4n) is 3.78. The summed E-state index contributed by atoms with van der Waals surface area (Å²) in [6.07, 6.45) is -0.594. The number of likely N-dealkylation sites (tertiary alicyclic amines) is 1. The number of hydrogen-bond donors (Lipinski definition) is 2. The third-order valence-electron chi connectivity index (χ3n) is 5.72. The molecule has 2 heterocycles. The van der Waals surface area contributed by atoms with E-state index in [1.807, 2.05) is 0 Å². The van der Waals surface area contributed by atoms with Crippen molar-refractivity contribution in [3.05, 3.63) is 53.2 Å². The Balaban J connectivity index is 1.31. The summed E-state index contributed by atoms with van der Waals surface area (Å²) in [5.74, 6) is 0.250. The lowest BCUT2D eigenvalue weighted by Gasteiger charge is -2.20. The maximum atomic E-state index is 13.2. The van der Waals surface area contributed by atoms with Gasteiger partial charge in [0.2, 0.25) is 0 Å². The summed E-state index contributed by atoms with van der Waals surface area (Å²) in [7, 11) is 0. The third kappa shape index (κ3) is 5.35. The number of carbonyl (C=O) groups is 2. The standard InChI is InChI=1S/C22H24F3N5O2/c23-22(24,25)17-4-2-1-3-16(17)21(32)30-12-10-15(13-30)27-19-8-7-18(28-29-19)20(31)26-11-9-14-5-6-14/h1-4,7-8,14-15H,5-6,9-13H2,(H,26,31)(H,27,29). The molecule has 0 bridgehead atoms. The first-order valence-electron chi connectivity index (χ1n) is 10.6. The van der Waals surface area contributed by atoms with Crippen molar-refractivity contribution in [2.45, 2.75) is 37.9 Å². The van der Waals surface area contributed by atoms with Crippen molar-refractivity contribution < 1.29 is 22.8 Å². The molecule has 170 valence electrons. The summed E-state index contributed by atoms with van der Waals surface area (Å²) in [5, 5.41) is 13.9. The molecule has 1 saturated heterocycles. The molecular formula is C22H24F3N5O2. The van der Waals surface area contributed by atoms with Crippen LogP contribution in [0.3, 0.4) is 0 Å². The number of nitrogens with one attached hydrogen (secondary N) is 2. The van der Waals surface area contributed by atoms with E-state index in [1.165, 1.54) is 35.9 Å². The van der Waals surface area contributed by atoms with Gasteiger partial charge in [-0.15, -0.1) is 10.2 Å². The van der Waals surface area contributed by atoms with Crippen LogP contribution in [0.15, 0.2) is 36.4 Å². The first kappa shape index (κ1) is 22.0. The van der Waals surface area contributed by atoms with Crippen LogP contribution in [0, 0.1) is 5.92 Å². The number of benzene rings is 1. The Hall–Kier alpha value is -3.17. The highest BCUT2D eigenvalue weighted by Crippen LogP contribution is 2.33. The molecular weight excluding hydrogens is 423 g/mol. The van der Waals surface area contributed by atoms with E-state index in [-0.39, 0.29) is 29.8 Å². The molecule has 1 unspecified atom stereocenters. The minimum atomic E-state index is -4.59. The van der Waals surface area contributed by atoms with Crippen LogP contribution in [0.4, 0.5) is 19.0 Å². The first-order valence-corrected chi connectivity index (χ1v) is 10.6. The Morgan fingerprint density at radius 3 is 2.53 bits per heavy atom. The largest absolute Gasteiger partial charge is 0.417 e. The van der Waals surface area contributed by atoms with Gasteiger partial charge in [0.05, 0.1) is 11.1 Å². The van der Waals surface area contributed by atoms with Crippen LogP contribution in [0.1, 0.15) is 52.1 Å². The highest BCUT2D eigenvalue weighted by Gasteiger charge is 2.37. The zero-order valence-corrected chi connectivity index (χ0v) is 17.4. The molecule has 10 heteroatoms. The highest BCUT2D eigenvalue weighted by molar-refractivity contribution is 5.96. The summed E-state index contributed by atoms with van der Waals surface area (Å²) >= 11 is 0. The second kappa shape index (κ2) is 9.13. The normalized spacial score (nSPS) is 18.5. The molecule has 1 aromatic heterocycles. The number of anilines is 1. The van der Waals surface area contributed by atoms with Gasteiger partial charge >= 0.3 is 6.18 Å². The van der Waals surface area contributed by atoms with Crippen LogP contribution in [0.2, 0.25) is 0 Å². The van der Waals surface area contributed by atoms with Gasteiger partial charge in [-0.3, -0.25) is 9.59 Å². The molecule has 7 nitrogen and oxygen atoms in total. The van der Waals surface area contributed by atoms with E-state index in [0.29, 0.717) is 25.3 Å². The number of rotatable bonds is 7. The van der Waals surface area contributed by atoms with Crippen molar-refractivity contribution in [2.24, 2.45) is 5.92 Å². The fourth-order valence-corrected chi connectivity index (χ4v) is 3.78. The van der Waals surface area contributed by atoms with Crippen LogP contribution in [-0.2, 0) is 6.18 Å². The van der Waals surface area contributed by atoms with Crippen molar-refractivity contribution in [1.82, 2.24) is 20.4 Å². The van der Waals surface area contributed by atoms with Gasteiger partial charge in [0.1, 0.15) is 5.82 Å². The van der Waals surface area contributed by atoms with Crippen molar-refractivity contribution in [2.75, 3.05) is 25.0 Å². The molecule has 2 N–H and O–H groups in total. The molecule has 0 spiro atoms. The van der Waals surface area contributed by atoms with Crippen molar-refractivity contribution >= 4 is 17.6 Å². The van der Waals surface area contributed by atoms with E-state index in [9.17, 15) is 22.8 Å². The Bertz CT molecular complexity index is 976. The highest BCUT2D eigenvalue weighted by atomic mass is 19.4. The summed E-state index contributed by atoms with van der Waals surface area (Å²) < 4.78 is 39.7. The maximum absolute atomic E-state index is 13.2. The Morgan fingerprint density at radius 1 is 1.06 bits per heavy atom. The van der Waals surface area contributed by atoms with Gasteiger partial charge in [-0.05, 0) is 43.0 Å². The zero-order valence-electron chi connectivity index (χ0n) is 17.4. The lowest BCUT2D eigenvalue weighted by atomic mass is 10.1. The smallest absolute Gasteiger partial charge is 0.364 e. The maximum Gasteiger partial charge on any atom is 0.417 e.